The van der Waals surface area contributed by atoms with Gasteiger partial charge >= 0.3 is 0 Å². The van der Waals surface area contributed by atoms with Gasteiger partial charge in [-0.15, -0.1) is 11.3 Å². The van der Waals surface area contributed by atoms with Gasteiger partial charge in [0.15, 0.2) is 5.11 Å². The number of sulfonamides is 1. The normalized spacial score (nSPS) is 14.9. The third kappa shape index (κ3) is 5.33. The van der Waals surface area contributed by atoms with E-state index in [0.29, 0.717) is 43.4 Å². The van der Waals surface area contributed by atoms with Crippen molar-refractivity contribution >= 4 is 50.3 Å². The minimum Gasteiger partial charge on any atom is -0.345 e. The van der Waals surface area contributed by atoms with Crippen LogP contribution in [0, 0.1) is 0 Å². The van der Waals surface area contributed by atoms with Crippen LogP contribution in [0.25, 0.3) is 0 Å². The molecule has 0 aliphatic carbocycles. The summed E-state index contributed by atoms with van der Waals surface area (Å²) in [5.41, 5.74) is 0.620. The number of carbonyl (C=O) groups is 1. The lowest BCUT2D eigenvalue weighted by Gasteiger charge is -2.36. The fourth-order valence-electron chi connectivity index (χ4n) is 2.98. The van der Waals surface area contributed by atoms with E-state index in [0.717, 1.165) is 4.88 Å². The lowest BCUT2D eigenvalue weighted by Crippen LogP contribution is -2.51. The second-order valence-corrected chi connectivity index (χ2v) is 10.4. The van der Waals surface area contributed by atoms with Gasteiger partial charge < -0.3 is 15.1 Å². The minimum atomic E-state index is -3.51. The quantitative estimate of drug-likeness (QED) is 0.701. The van der Waals surface area contributed by atoms with Gasteiger partial charge in [0, 0.05) is 50.8 Å². The molecule has 0 saturated carbocycles. The van der Waals surface area contributed by atoms with Gasteiger partial charge in [-0.2, -0.15) is 0 Å². The number of hydrogen-bond acceptors (Lipinski definition) is 5. The summed E-state index contributed by atoms with van der Waals surface area (Å²) in [6.45, 7) is 2.50. The molecule has 0 unspecified atom stereocenters. The molecule has 0 bridgehead atoms. The molecule has 29 heavy (non-hydrogen) atoms. The number of amides is 1. The van der Waals surface area contributed by atoms with Crippen molar-refractivity contribution in [2.45, 2.75) is 11.3 Å². The van der Waals surface area contributed by atoms with Gasteiger partial charge in [-0.1, -0.05) is 12.1 Å². The summed E-state index contributed by atoms with van der Waals surface area (Å²) in [6, 6.07) is 10.5. The Balaban J connectivity index is 1.56. The van der Waals surface area contributed by atoms with Crippen LogP contribution in [0.4, 0.5) is 5.69 Å². The molecule has 7 nitrogen and oxygen atoms in total. The van der Waals surface area contributed by atoms with E-state index in [1.807, 2.05) is 27.3 Å². The Morgan fingerprint density at radius 2 is 1.83 bits per heavy atom. The van der Waals surface area contributed by atoms with Crippen LogP contribution in [0.1, 0.15) is 4.88 Å². The average Bonchev–Trinajstić information content (AvgIpc) is 3.21. The van der Waals surface area contributed by atoms with Crippen LogP contribution in [0.15, 0.2) is 46.7 Å². The largest absolute Gasteiger partial charge is 0.345 e. The summed E-state index contributed by atoms with van der Waals surface area (Å²) in [7, 11) is -0.507. The maximum atomic E-state index is 12.4. The van der Waals surface area contributed by atoms with Crippen LogP contribution >= 0.6 is 23.6 Å². The smallest absolute Gasteiger partial charge is 0.242 e. The van der Waals surface area contributed by atoms with Crippen molar-refractivity contribution in [2.24, 2.45) is 0 Å². The highest BCUT2D eigenvalue weighted by Crippen LogP contribution is 2.19. The molecule has 1 aliphatic rings. The maximum absolute atomic E-state index is 12.4. The third-order valence-corrected chi connectivity index (χ3v) is 7.74. The molecule has 2 heterocycles. The first-order valence-electron chi connectivity index (χ1n) is 9.16. The van der Waals surface area contributed by atoms with E-state index in [1.165, 1.54) is 18.4 Å². The van der Waals surface area contributed by atoms with Crippen molar-refractivity contribution < 1.29 is 13.2 Å². The summed E-state index contributed by atoms with van der Waals surface area (Å²) < 4.78 is 25.8. The van der Waals surface area contributed by atoms with E-state index < -0.39 is 10.0 Å². The monoisotopic (exact) mass is 452 g/mol. The van der Waals surface area contributed by atoms with E-state index in [4.69, 9.17) is 12.2 Å². The zero-order valence-corrected chi connectivity index (χ0v) is 18.8. The number of nitrogens with zero attached hydrogens (tertiary/aromatic N) is 3. The van der Waals surface area contributed by atoms with Crippen molar-refractivity contribution in [1.82, 2.24) is 14.1 Å². The average molecular weight is 453 g/mol. The number of nitrogens with one attached hydrogen (secondary N) is 1. The molecule has 1 aromatic heterocycles. The third-order valence-electron chi connectivity index (χ3n) is 4.69. The molecule has 1 aromatic carbocycles. The topological polar surface area (TPSA) is 73.0 Å². The molecular weight excluding hydrogens is 428 g/mol. The van der Waals surface area contributed by atoms with Gasteiger partial charge in [-0.3, -0.25) is 4.79 Å². The molecule has 0 atom stereocenters. The van der Waals surface area contributed by atoms with Crippen molar-refractivity contribution in [3.63, 3.8) is 0 Å². The Morgan fingerprint density at radius 1 is 1.14 bits per heavy atom. The van der Waals surface area contributed by atoms with Crippen LogP contribution in [0.5, 0.6) is 0 Å². The summed E-state index contributed by atoms with van der Waals surface area (Å²) in [5, 5.41) is 5.61. The minimum absolute atomic E-state index is 0.132. The van der Waals surface area contributed by atoms with Crippen molar-refractivity contribution in [3.05, 3.63) is 46.7 Å². The van der Waals surface area contributed by atoms with Gasteiger partial charge in [0.05, 0.1) is 11.3 Å². The number of thiocarbonyl (C=S) groups is 1. The van der Waals surface area contributed by atoms with Crippen LogP contribution in [-0.4, -0.2) is 73.8 Å². The number of anilines is 1. The molecule has 156 valence electrons. The predicted octanol–water partition coefficient (Wildman–Crippen LogP) is 2.08. The SMILES string of the molecule is CN(C)S(=O)(=O)c1cccc(NC(=S)N2CCN(C(=O)Cc3cccs3)CC2)c1. The molecule has 10 heteroatoms. The van der Waals surface area contributed by atoms with Crippen LogP contribution in [0.2, 0.25) is 0 Å². The fourth-order valence-corrected chi connectivity index (χ4v) is 4.92. The number of piperazine rings is 1. The van der Waals surface area contributed by atoms with Crippen LogP contribution in [-0.2, 0) is 21.2 Å². The second-order valence-electron chi connectivity index (χ2n) is 6.87. The zero-order valence-electron chi connectivity index (χ0n) is 16.4. The molecule has 0 radical (unpaired) electrons. The Labute approximate surface area is 181 Å². The van der Waals surface area contributed by atoms with Gasteiger partial charge in [0.25, 0.3) is 0 Å². The number of hydrogen-bond donors (Lipinski definition) is 1. The molecule has 0 spiro atoms. The summed E-state index contributed by atoms with van der Waals surface area (Å²) in [4.78, 5) is 17.6. The lowest BCUT2D eigenvalue weighted by atomic mass is 10.2. The molecule has 1 saturated heterocycles. The molecule has 3 rings (SSSR count). The molecule has 1 N–H and O–H groups in total. The molecule has 1 amide bonds. The number of rotatable bonds is 5. The second kappa shape index (κ2) is 9.21. The first-order valence-corrected chi connectivity index (χ1v) is 11.9. The van der Waals surface area contributed by atoms with Gasteiger partial charge in [0.1, 0.15) is 0 Å². The fraction of sp³-hybridized carbons (Fsp3) is 0.368. The van der Waals surface area contributed by atoms with Gasteiger partial charge in [-0.25, -0.2) is 12.7 Å². The highest BCUT2D eigenvalue weighted by molar-refractivity contribution is 7.89. The first-order chi connectivity index (χ1) is 13.8. The summed E-state index contributed by atoms with van der Waals surface area (Å²) in [6.07, 6.45) is 0.438. The van der Waals surface area contributed by atoms with Gasteiger partial charge in [-0.05, 0) is 41.9 Å². The Bertz CT molecular complexity index is 966. The van der Waals surface area contributed by atoms with Gasteiger partial charge in [0.2, 0.25) is 15.9 Å². The van der Waals surface area contributed by atoms with Crippen molar-refractivity contribution in [1.29, 1.82) is 0 Å². The van der Waals surface area contributed by atoms with E-state index >= 15 is 0 Å². The molecular formula is C19H24N4O3S3. The molecule has 1 aliphatic heterocycles. The molecule has 1 fully saturated rings. The summed E-state index contributed by atoms with van der Waals surface area (Å²) in [5.74, 6) is 0.132. The van der Waals surface area contributed by atoms with E-state index in [1.54, 1.807) is 35.6 Å². The molecule has 2 aromatic rings. The zero-order chi connectivity index (χ0) is 21.0. The highest BCUT2D eigenvalue weighted by atomic mass is 32.2. The Morgan fingerprint density at radius 3 is 2.45 bits per heavy atom. The van der Waals surface area contributed by atoms with Crippen LogP contribution < -0.4 is 5.32 Å². The van der Waals surface area contributed by atoms with Crippen molar-refractivity contribution in [3.8, 4) is 0 Å². The van der Waals surface area contributed by atoms with E-state index in [9.17, 15) is 13.2 Å². The lowest BCUT2D eigenvalue weighted by molar-refractivity contribution is -0.131. The standard InChI is InChI=1S/C19H24N4O3S3/c1-21(2)29(25,26)17-7-3-5-15(13-17)20-19(27)23-10-8-22(9-11-23)18(24)14-16-6-4-12-28-16/h3-7,12-13H,8-11,14H2,1-2H3,(H,20,27). The van der Waals surface area contributed by atoms with Crippen LogP contribution in [0.3, 0.4) is 0 Å². The number of thiophene rings is 1. The van der Waals surface area contributed by atoms with E-state index in [2.05, 4.69) is 5.32 Å². The number of benzene rings is 1. The summed E-state index contributed by atoms with van der Waals surface area (Å²) >= 11 is 7.09. The van der Waals surface area contributed by atoms with E-state index in [-0.39, 0.29) is 10.8 Å². The highest BCUT2D eigenvalue weighted by Gasteiger charge is 2.23. The Hall–Kier alpha value is -2.01. The predicted molar refractivity (Wildman–Crippen MR) is 120 cm³/mol. The Kier molecular flexibility index (Phi) is 6.89. The number of carbonyl (C=O) groups excluding carboxylic acids is 1. The van der Waals surface area contributed by atoms with Crippen molar-refractivity contribution in [2.75, 3.05) is 45.6 Å². The maximum Gasteiger partial charge on any atom is 0.242 e. The first kappa shape index (κ1) is 21.7.